The second-order valence-electron chi connectivity index (χ2n) is 4.37. The molecule has 0 saturated carbocycles. The number of carboxylic acids is 1. The maximum absolute atomic E-state index is 10.6. The van der Waals surface area contributed by atoms with Crippen molar-refractivity contribution in [1.82, 2.24) is 15.3 Å². The van der Waals surface area contributed by atoms with E-state index in [9.17, 15) is 13.2 Å². The molecule has 126 valence electrons. The van der Waals surface area contributed by atoms with Crippen molar-refractivity contribution in [2.45, 2.75) is 18.6 Å². The molecule has 8 nitrogen and oxygen atoms in total. The number of halogens is 3. The zero-order valence-electron chi connectivity index (χ0n) is 12.0. The molecule has 3 N–H and O–H groups in total. The Kier molecular flexibility index (Phi) is 6.52. The SMILES string of the molecule is COc1nc(N[C@@H]2CCNC2)ncc1C#N.O=C(O)C(F)(F)F. The molecule has 0 unspecified atom stereocenters. The van der Waals surface area contributed by atoms with E-state index in [-0.39, 0.29) is 0 Å². The highest BCUT2D eigenvalue weighted by atomic mass is 19.4. The number of anilines is 1. The summed E-state index contributed by atoms with van der Waals surface area (Å²) in [5, 5.41) is 22.3. The van der Waals surface area contributed by atoms with E-state index in [0.29, 0.717) is 23.4 Å². The Labute approximate surface area is 129 Å². The van der Waals surface area contributed by atoms with Crippen LogP contribution in [0.15, 0.2) is 6.20 Å². The first-order valence-electron chi connectivity index (χ1n) is 6.36. The Balaban J connectivity index is 0.000000322. The van der Waals surface area contributed by atoms with Crippen LogP contribution in [0.2, 0.25) is 0 Å². The molecule has 1 saturated heterocycles. The lowest BCUT2D eigenvalue weighted by atomic mass is 10.3. The minimum absolute atomic E-state index is 0.311. The summed E-state index contributed by atoms with van der Waals surface area (Å²) in [7, 11) is 1.49. The van der Waals surface area contributed by atoms with Gasteiger partial charge in [0.25, 0.3) is 0 Å². The molecule has 0 radical (unpaired) electrons. The molecule has 2 heterocycles. The van der Waals surface area contributed by atoms with Gasteiger partial charge in [0.05, 0.1) is 13.3 Å². The molecule has 1 aliphatic heterocycles. The topological polar surface area (TPSA) is 120 Å². The van der Waals surface area contributed by atoms with E-state index in [1.165, 1.54) is 13.3 Å². The van der Waals surface area contributed by atoms with Crippen molar-refractivity contribution in [3.63, 3.8) is 0 Å². The number of nitriles is 1. The molecule has 23 heavy (non-hydrogen) atoms. The summed E-state index contributed by atoms with van der Waals surface area (Å²) in [6, 6.07) is 2.32. The number of nitrogens with one attached hydrogen (secondary N) is 2. The van der Waals surface area contributed by atoms with Gasteiger partial charge >= 0.3 is 12.1 Å². The van der Waals surface area contributed by atoms with Gasteiger partial charge < -0.3 is 20.5 Å². The number of aliphatic carboxylic acids is 1. The lowest BCUT2D eigenvalue weighted by Gasteiger charge is -2.11. The van der Waals surface area contributed by atoms with Crippen molar-refractivity contribution in [3.05, 3.63) is 11.8 Å². The number of hydrogen-bond donors (Lipinski definition) is 3. The molecule has 0 spiro atoms. The van der Waals surface area contributed by atoms with Crippen LogP contribution in [0.3, 0.4) is 0 Å². The number of alkyl halides is 3. The minimum Gasteiger partial charge on any atom is -0.480 e. The van der Waals surface area contributed by atoms with Gasteiger partial charge in [-0.1, -0.05) is 0 Å². The summed E-state index contributed by atoms with van der Waals surface area (Å²) in [6.07, 6.45) is -2.57. The molecule has 0 aliphatic carbocycles. The van der Waals surface area contributed by atoms with Crippen LogP contribution >= 0.6 is 0 Å². The molecule has 1 fully saturated rings. The van der Waals surface area contributed by atoms with E-state index in [4.69, 9.17) is 19.9 Å². The maximum atomic E-state index is 10.6. The van der Waals surface area contributed by atoms with Crippen LogP contribution in [-0.4, -0.2) is 53.5 Å². The first kappa shape index (κ1) is 18.4. The standard InChI is InChI=1S/C10H13N5O.C2HF3O2/c1-16-9-7(4-11)5-13-10(15-9)14-8-2-3-12-6-8;3-2(4,5)1(6)7/h5,8,12H,2-3,6H2,1H3,(H,13,14,15);(H,6,7)/t8-;/m1./s1. The van der Waals surface area contributed by atoms with Crippen LogP contribution in [0.5, 0.6) is 5.88 Å². The third-order valence-electron chi connectivity index (χ3n) is 2.70. The van der Waals surface area contributed by atoms with Crippen molar-refractivity contribution < 1.29 is 27.8 Å². The number of rotatable bonds is 3. The molecular weight excluding hydrogens is 319 g/mol. The van der Waals surface area contributed by atoms with Crippen molar-refractivity contribution >= 4 is 11.9 Å². The maximum Gasteiger partial charge on any atom is 0.490 e. The molecular formula is C12H14F3N5O3. The zero-order valence-corrected chi connectivity index (χ0v) is 12.0. The van der Waals surface area contributed by atoms with E-state index in [1.807, 2.05) is 6.07 Å². The Hall–Kier alpha value is -2.61. The van der Waals surface area contributed by atoms with Crippen LogP contribution in [0.4, 0.5) is 19.1 Å². The summed E-state index contributed by atoms with van der Waals surface area (Å²) in [6.45, 7) is 1.91. The Morgan fingerprint density at radius 2 is 2.26 bits per heavy atom. The predicted octanol–water partition coefficient (Wildman–Crippen LogP) is 0.764. The zero-order chi connectivity index (χ0) is 17.5. The molecule has 1 aliphatic rings. The lowest BCUT2D eigenvalue weighted by Crippen LogP contribution is -2.23. The van der Waals surface area contributed by atoms with Gasteiger partial charge in [-0.3, -0.25) is 0 Å². The number of nitrogens with zero attached hydrogens (tertiary/aromatic N) is 3. The van der Waals surface area contributed by atoms with Crippen LogP contribution in [0.1, 0.15) is 12.0 Å². The highest BCUT2D eigenvalue weighted by Crippen LogP contribution is 2.16. The summed E-state index contributed by atoms with van der Waals surface area (Å²) in [5.74, 6) is -1.94. The number of ether oxygens (including phenoxy) is 1. The monoisotopic (exact) mass is 333 g/mol. The summed E-state index contributed by atoms with van der Waals surface area (Å²) < 4.78 is 36.7. The Morgan fingerprint density at radius 3 is 2.70 bits per heavy atom. The largest absolute Gasteiger partial charge is 0.490 e. The average Bonchev–Trinajstić information content (AvgIpc) is 2.99. The fraction of sp³-hybridized carbons (Fsp3) is 0.500. The average molecular weight is 333 g/mol. The first-order chi connectivity index (χ1) is 10.8. The van der Waals surface area contributed by atoms with Crippen molar-refractivity contribution in [2.24, 2.45) is 0 Å². The normalized spacial score (nSPS) is 16.7. The van der Waals surface area contributed by atoms with Crippen LogP contribution in [0.25, 0.3) is 0 Å². The van der Waals surface area contributed by atoms with E-state index < -0.39 is 12.1 Å². The van der Waals surface area contributed by atoms with Gasteiger partial charge in [0.15, 0.2) is 0 Å². The molecule has 1 aromatic rings. The van der Waals surface area contributed by atoms with E-state index in [2.05, 4.69) is 20.6 Å². The minimum atomic E-state index is -5.08. The molecule has 0 bridgehead atoms. The second kappa shape index (κ2) is 8.14. The molecule has 1 atom stereocenters. The fourth-order valence-electron chi connectivity index (χ4n) is 1.63. The molecule has 0 amide bonds. The van der Waals surface area contributed by atoms with Gasteiger partial charge in [0, 0.05) is 12.6 Å². The van der Waals surface area contributed by atoms with Crippen LogP contribution in [0, 0.1) is 11.3 Å². The summed E-state index contributed by atoms with van der Waals surface area (Å²) >= 11 is 0. The number of carboxylic acid groups (broad SMARTS) is 1. The van der Waals surface area contributed by atoms with E-state index >= 15 is 0 Å². The van der Waals surface area contributed by atoms with Crippen molar-refractivity contribution in [1.29, 1.82) is 5.26 Å². The predicted molar refractivity (Wildman–Crippen MR) is 71.9 cm³/mol. The van der Waals surface area contributed by atoms with Gasteiger partial charge in [-0.05, 0) is 13.0 Å². The molecule has 1 aromatic heterocycles. The molecule has 2 rings (SSSR count). The van der Waals surface area contributed by atoms with Gasteiger partial charge in [-0.15, -0.1) is 0 Å². The summed E-state index contributed by atoms with van der Waals surface area (Å²) in [5.41, 5.74) is 0.345. The summed E-state index contributed by atoms with van der Waals surface area (Å²) in [4.78, 5) is 17.1. The third-order valence-corrected chi connectivity index (χ3v) is 2.70. The number of methoxy groups -OCH3 is 1. The van der Waals surface area contributed by atoms with Gasteiger partial charge in [-0.25, -0.2) is 9.78 Å². The Bertz CT molecular complexity index is 582. The first-order valence-corrected chi connectivity index (χ1v) is 6.36. The van der Waals surface area contributed by atoms with Gasteiger partial charge in [-0.2, -0.15) is 23.4 Å². The number of carbonyl (C=O) groups is 1. The second-order valence-corrected chi connectivity index (χ2v) is 4.37. The fourth-order valence-corrected chi connectivity index (χ4v) is 1.63. The van der Waals surface area contributed by atoms with E-state index in [0.717, 1.165) is 19.5 Å². The Morgan fingerprint density at radius 1 is 1.61 bits per heavy atom. The highest BCUT2D eigenvalue weighted by Gasteiger charge is 2.38. The lowest BCUT2D eigenvalue weighted by molar-refractivity contribution is -0.192. The smallest absolute Gasteiger partial charge is 0.480 e. The molecule has 11 heteroatoms. The van der Waals surface area contributed by atoms with Crippen molar-refractivity contribution in [3.8, 4) is 11.9 Å². The number of aromatic nitrogens is 2. The highest BCUT2D eigenvalue weighted by molar-refractivity contribution is 5.73. The van der Waals surface area contributed by atoms with Crippen molar-refractivity contribution in [2.75, 3.05) is 25.5 Å². The van der Waals surface area contributed by atoms with Gasteiger partial charge in [0.1, 0.15) is 11.6 Å². The van der Waals surface area contributed by atoms with Crippen LogP contribution in [-0.2, 0) is 4.79 Å². The van der Waals surface area contributed by atoms with E-state index in [1.54, 1.807) is 0 Å². The quantitative estimate of drug-likeness (QED) is 0.742. The number of hydrogen-bond acceptors (Lipinski definition) is 7. The molecule has 0 aromatic carbocycles. The van der Waals surface area contributed by atoms with Gasteiger partial charge in [0.2, 0.25) is 11.8 Å². The third kappa shape index (κ3) is 5.95. The van der Waals surface area contributed by atoms with Crippen LogP contribution < -0.4 is 15.4 Å².